The quantitative estimate of drug-likeness (QED) is 0.868. The van der Waals surface area contributed by atoms with Gasteiger partial charge in [0.15, 0.2) is 0 Å². The molecule has 0 amide bonds. The van der Waals surface area contributed by atoms with Crippen molar-refractivity contribution < 1.29 is 18.7 Å². The van der Waals surface area contributed by atoms with E-state index in [-0.39, 0.29) is 6.42 Å². The Hall–Kier alpha value is -1.49. The number of carboxylic acids is 1. The second kappa shape index (κ2) is 5.02. The van der Waals surface area contributed by atoms with Crippen LogP contribution in [0.1, 0.15) is 18.4 Å². The van der Waals surface area contributed by atoms with E-state index in [0.717, 1.165) is 19.0 Å². The van der Waals surface area contributed by atoms with Crippen LogP contribution < -0.4 is 5.32 Å². The number of halogens is 2. The zero-order chi connectivity index (χ0) is 13.2. The summed E-state index contributed by atoms with van der Waals surface area (Å²) in [7, 11) is 0. The molecule has 3 nitrogen and oxygen atoms in total. The zero-order valence-electron chi connectivity index (χ0n) is 9.88. The molecular weight excluding hydrogens is 240 g/mol. The van der Waals surface area contributed by atoms with Gasteiger partial charge in [0.2, 0.25) is 0 Å². The number of piperidine rings is 1. The second-order valence-corrected chi connectivity index (χ2v) is 4.82. The van der Waals surface area contributed by atoms with Gasteiger partial charge in [0.05, 0.1) is 5.41 Å². The number of hydrogen-bond acceptors (Lipinski definition) is 2. The molecule has 2 N–H and O–H groups in total. The molecule has 2 rings (SSSR count). The van der Waals surface area contributed by atoms with Crippen LogP contribution in [0.15, 0.2) is 18.2 Å². The van der Waals surface area contributed by atoms with Crippen molar-refractivity contribution in [3.05, 3.63) is 35.4 Å². The summed E-state index contributed by atoms with van der Waals surface area (Å²) in [5.74, 6) is -2.26. The molecule has 1 aromatic carbocycles. The van der Waals surface area contributed by atoms with Crippen LogP contribution >= 0.6 is 0 Å². The monoisotopic (exact) mass is 255 g/mol. The van der Waals surface area contributed by atoms with Crippen molar-refractivity contribution in [1.82, 2.24) is 5.32 Å². The van der Waals surface area contributed by atoms with Crippen molar-refractivity contribution >= 4 is 5.97 Å². The van der Waals surface area contributed by atoms with Gasteiger partial charge in [-0.1, -0.05) is 0 Å². The maximum Gasteiger partial charge on any atom is 0.311 e. The molecule has 1 aliphatic heterocycles. The molecule has 1 unspecified atom stereocenters. The number of aliphatic carboxylic acids is 1. The first-order valence-corrected chi connectivity index (χ1v) is 5.91. The smallest absolute Gasteiger partial charge is 0.311 e. The highest BCUT2D eigenvalue weighted by atomic mass is 19.1. The Bertz CT molecular complexity index is 436. The Morgan fingerprint density at radius 1 is 1.33 bits per heavy atom. The molecule has 5 heteroatoms. The first kappa shape index (κ1) is 13.0. The molecule has 18 heavy (non-hydrogen) atoms. The van der Waals surface area contributed by atoms with Gasteiger partial charge in [-0.3, -0.25) is 4.79 Å². The minimum atomic E-state index is -0.960. The molecule has 1 aliphatic rings. The molecule has 0 saturated carbocycles. The SMILES string of the molecule is O=C(O)C1(Cc2cc(F)cc(F)c2)CCCNC1. The van der Waals surface area contributed by atoms with Gasteiger partial charge in [-0.05, 0) is 43.5 Å². The molecule has 0 aromatic heterocycles. The molecule has 0 bridgehead atoms. The van der Waals surface area contributed by atoms with Crippen molar-refractivity contribution in [2.75, 3.05) is 13.1 Å². The van der Waals surface area contributed by atoms with E-state index in [4.69, 9.17) is 0 Å². The summed E-state index contributed by atoms with van der Waals surface area (Å²) in [5.41, 5.74) is -0.572. The largest absolute Gasteiger partial charge is 0.481 e. The Labute approximate surface area is 104 Å². The predicted octanol–water partition coefficient (Wildman–Crippen LogP) is 1.96. The molecule has 1 aromatic rings. The topological polar surface area (TPSA) is 49.3 Å². The van der Waals surface area contributed by atoms with Crippen LogP contribution in [0.2, 0.25) is 0 Å². The molecule has 0 spiro atoms. The summed E-state index contributed by atoms with van der Waals surface area (Å²) >= 11 is 0. The van der Waals surface area contributed by atoms with E-state index in [1.807, 2.05) is 0 Å². The van der Waals surface area contributed by atoms with Crippen molar-refractivity contribution in [3.63, 3.8) is 0 Å². The molecule has 0 radical (unpaired) electrons. The second-order valence-electron chi connectivity index (χ2n) is 4.82. The lowest BCUT2D eigenvalue weighted by Crippen LogP contribution is -2.47. The minimum Gasteiger partial charge on any atom is -0.481 e. The Morgan fingerprint density at radius 3 is 2.50 bits per heavy atom. The van der Waals surface area contributed by atoms with Crippen molar-refractivity contribution in [3.8, 4) is 0 Å². The van der Waals surface area contributed by atoms with Gasteiger partial charge in [-0.15, -0.1) is 0 Å². The number of benzene rings is 1. The van der Waals surface area contributed by atoms with Gasteiger partial charge in [-0.2, -0.15) is 0 Å². The lowest BCUT2D eigenvalue weighted by atomic mass is 9.76. The van der Waals surface area contributed by atoms with Gasteiger partial charge in [0, 0.05) is 12.6 Å². The maximum atomic E-state index is 13.1. The standard InChI is InChI=1S/C13H15F2NO2/c14-10-4-9(5-11(15)6-10)7-13(12(17)18)2-1-3-16-8-13/h4-6,16H,1-3,7-8H2,(H,17,18). The fraction of sp³-hybridized carbons (Fsp3) is 0.462. The zero-order valence-corrected chi connectivity index (χ0v) is 9.88. The van der Waals surface area contributed by atoms with Crippen LogP contribution in [0.5, 0.6) is 0 Å². The number of rotatable bonds is 3. The highest BCUT2D eigenvalue weighted by Gasteiger charge is 2.39. The number of nitrogens with one attached hydrogen (secondary N) is 1. The number of carbonyl (C=O) groups is 1. The summed E-state index contributed by atoms with van der Waals surface area (Å²) < 4.78 is 26.2. The first-order valence-electron chi connectivity index (χ1n) is 5.91. The third-order valence-electron chi connectivity index (χ3n) is 3.39. The summed E-state index contributed by atoms with van der Waals surface area (Å²) in [4.78, 5) is 11.4. The van der Waals surface area contributed by atoms with Gasteiger partial charge in [0.1, 0.15) is 11.6 Å². The average Bonchev–Trinajstić information content (AvgIpc) is 2.28. The van der Waals surface area contributed by atoms with E-state index in [0.29, 0.717) is 18.5 Å². The van der Waals surface area contributed by atoms with Crippen LogP contribution in [-0.4, -0.2) is 24.2 Å². The van der Waals surface area contributed by atoms with Crippen LogP contribution in [0.3, 0.4) is 0 Å². The maximum absolute atomic E-state index is 13.1. The van der Waals surface area contributed by atoms with Crippen LogP contribution in [-0.2, 0) is 11.2 Å². The fourth-order valence-corrected chi connectivity index (χ4v) is 2.48. The van der Waals surface area contributed by atoms with Gasteiger partial charge in [-0.25, -0.2) is 8.78 Å². The summed E-state index contributed by atoms with van der Waals surface area (Å²) in [6, 6.07) is 3.18. The van der Waals surface area contributed by atoms with Crippen molar-refractivity contribution in [1.29, 1.82) is 0 Å². The van der Waals surface area contributed by atoms with Crippen LogP contribution in [0, 0.1) is 17.0 Å². The van der Waals surface area contributed by atoms with E-state index in [2.05, 4.69) is 5.32 Å². The van der Waals surface area contributed by atoms with E-state index >= 15 is 0 Å². The normalized spacial score (nSPS) is 23.9. The van der Waals surface area contributed by atoms with Gasteiger partial charge < -0.3 is 10.4 Å². The summed E-state index contributed by atoms with van der Waals surface area (Å²) in [6.45, 7) is 1.12. The molecule has 1 fully saturated rings. The molecular formula is C13H15F2NO2. The lowest BCUT2D eigenvalue weighted by molar-refractivity contribution is -0.150. The highest BCUT2D eigenvalue weighted by Crippen LogP contribution is 2.31. The predicted molar refractivity (Wildman–Crippen MR) is 62.2 cm³/mol. The van der Waals surface area contributed by atoms with Crippen molar-refractivity contribution in [2.45, 2.75) is 19.3 Å². The summed E-state index contributed by atoms with van der Waals surface area (Å²) in [6.07, 6.45) is 1.42. The third kappa shape index (κ3) is 2.67. The van der Waals surface area contributed by atoms with Crippen molar-refractivity contribution in [2.24, 2.45) is 5.41 Å². The highest BCUT2D eigenvalue weighted by molar-refractivity contribution is 5.75. The van der Waals surface area contributed by atoms with Gasteiger partial charge >= 0.3 is 5.97 Å². The van der Waals surface area contributed by atoms with E-state index < -0.39 is 23.0 Å². The molecule has 1 saturated heterocycles. The average molecular weight is 255 g/mol. The van der Waals surface area contributed by atoms with Crippen LogP contribution in [0.25, 0.3) is 0 Å². The lowest BCUT2D eigenvalue weighted by Gasteiger charge is -2.33. The summed E-state index contributed by atoms with van der Waals surface area (Å²) in [5, 5.41) is 12.4. The molecule has 0 aliphatic carbocycles. The number of carboxylic acid groups (broad SMARTS) is 1. The third-order valence-corrected chi connectivity index (χ3v) is 3.39. The fourth-order valence-electron chi connectivity index (χ4n) is 2.48. The minimum absolute atomic E-state index is 0.143. The first-order chi connectivity index (χ1) is 8.52. The Balaban J connectivity index is 2.25. The Morgan fingerprint density at radius 2 is 2.00 bits per heavy atom. The van der Waals surface area contributed by atoms with E-state index in [1.54, 1.807) is 0 Å². The van der Waals surface area contributed by atoms with E-state index in [1.165, 1.54) is 12.1 Å². The van der Waals surface area contributed by atoms with Crippen LogP contribution in [0.4, 0.5) is 8.78 Å². The van der Waals surface area contributed by atoms with E-state index in [9.17, 15) is 18.7 Å². The molecule has 98 valence electrons. The molecule has 1 atom stereocenters. The number of hydrogen-bond donors (Lipinski definition) is 2. The molecule has 1 heterocycles. The Kier molecular flexibility index (Phi) is 3.61. The van der Waals surface area contributed by atoms with Gasteiger partial charge in [0.25, 0.3) is 0 Å².